The predicted octanol–water partition coefficient (Wildman–Crippen LogP) is 0.535. The summed E-state index contributed by atoms with van der Waals surface area (Å²) < 4.78 is 0. The first-order chi connectivity index (χ1) is 16.1. The number of amides is 2. The van der Waals surface area contributed by atoms with Gasteiger partial charge in [0.15, 0.2) is 0 Å². The van der Waals surface area contributed by atoms with Crippen molar-refractivity contribution in [2.24, 2.45) is 11.3 Å². The fourth-order valence-corrected chi connectivity index (χ4v) is 5.34. The van der Waals surface area contributed by atoms with Gasteiger partial charge in [-0.3, -0.25) is 9.59 Å². The topological polar surface area (TPSA) is 151 Å². The predicted molar refractivity (Wildman–Crippen MR) is 129 cm³/mol. The van der Waals surface area contributed by atoms with Gasteiger partial charge in [-0.05, 0) is 30.0 Å². The number of aliphatic hydroxyl groups excluding tert-OH is 3. The van der Waals surface area contributed by atoms with Crippen LogP contribution in [-0.2, 0) is 15.2 Å². The molecule has 0 radical (unpaired) electrons. The van der Waals surface area contributed by atoms with E-state index in [1.165, 1.54) is 0 Å². The first kappa shape index (κ1) is 27.8. The second kappa shape index (κ2) is 9.95. The van der Waals surface area contributed by atoms with Gasteiger partial charge >= 0.3 is 0 Å². The Bertz CT molecular complexity index is 926. The number of halogens is 1. The average Bonchev–Trinajstić information content (AvgIpc) is 2.77. The number of carbonyl (C=O) groups excluding carboxylic acids is 2. The van der Waals surface area contributed by atoms with E-state index in [0.29, 0.717) is 10.6 Å². The fourth-order valence-electron chi connectivity index (χ4n) is 5.22. The first-order valence-corrected chi connectivity index (χ1v) is 12.3. The molecule has 1 heterocycles. The summed E-state index contributed by atoms with van der Waals surface area (Å²) in [5.41, 5.74) is -3.31. The summed E-state index contributed by atoms with van der Waals surface area (Å²) in [7, 11) is 0. The van der Waals surface area contributed by atoms with Crippen molar-refractivity contribution in [2.75, 3.05) is 13.1 Å². The quantitative estimate of drug-likeness (QED) is 0.337. The average molecular weight is 513 g/mol. The van der Waals surface area contributed by atoms with E-state index >= 15 is 0 Å². The van der Waals surface area contributed by atoms with Gasteiger partial charge in [-0.1, -0.05) is 51.4 Å². The van der Waals surface area contributed by atoms with Crippen molar-refractivity contribution in [2.45, 2.75) is 82.5 Å². The fraction of sp³-hybridized carbons (Fsp3) is 0.680. The first-order valence-electron chi connectivity index (χ1n) is 12.0. The molecule has 3 rings (SSSR count). The molecule has 1 aliphatic heterocycles. The van der Waals surface area contributed by atoms with E-state index in [1.807, 2.05) is 13.8 Å². The van der Waals surface area contributed by atoms with Crippen LogP contribution in [0.15, 0.2) is 24.3 Å². The molecular formula is C25H37ClN2O7. The zero-order valence-electron chi connectivity index (χ0n) is 20.6. The highest BCUT2D eigenvalue weighted by Gasteiger charge is 2.52. The Morgan fingerprint density at radius 1 is 1.06 bits per heavy atom. The monoisotopic (exact) mass is 512 g/mol. The Balaban J connectivity index is 1.75. The molecule has 35 heavy (non-hydrogen) atoms. The van der Waals surface area contributed by atoms with Crippen molar-refractivity contribution in [1.82, 2.24) is 10.2 Å². The van der Waals surface area contributed by atoms with Crippen LogP contribution in [0.3, 0.4) is 0 Å². The highest BCUT2D eigenvalue weighted by molar-refractivity contribution is 6.30. The Kier molecular flexibility index (Phi) is 7.91. The highest BCUT2D eigenvalue weighted by atomic mass is 35.5. The summed E-state index contributed by atoms with van der Waals surface area (Å²) in [5, 5.41) is 55.2. The van der Waals surface area contributed by atoms with Gasteiger partial charge in [-0.2, -0.15) is 0 Å². The maximum Gasteiger partial charge on any atom is 0.252 e. The lowest BCUT2D eigenvalue weighted by molar-refractivity contribution is -0.175. The van der Waals surface area contributed by atoms with Crippen LogP contribution in [0.5, 0.6) is 0 Å². The molecule has 1 saturated heterocycles. The van der Waals surface area contributed by atoms with Crippen molar-refractivity contribution in [3.8, 4) is 0 Å². The number of carbonyl (C=O) groups is 2. The van der Waals surface area contributed by atoms with Crippen LogP contribution in [0.1, 0.15) is 52.5 Å². The van der Waals surface area contributed by atoms with Crippen molar-refractivity contribution >= 4 is 23.4 Å². The van der Waals surface area contributed by atoms with Crippen LogP contribution in [0, 0.1) is 11.3 Å². The second-order valence-electron chi connectivity index (χ2n) is 11.0. The zero-order valence-corrected chi connectivity index (χ0v) is 21.4. The summed E-state index contributed by atoms with van der Waals surface area (Å²) in [5.74, 6) is -1.55. The number of hydrogen-bond acceptors (Lipinski definition) is 7. The van der Waals surface area contributed by atoms with Crippen molar-refractivity contribution in [3.05, 3.63) is 34.9 Å². The minimum absolute atomic E-state index is 0.234. The van der Waals surface area contributed by atoms with E-state index < -0.39 is 59.7 Å². The third kappa shape index (κ3) is 5.35. The number of rotatable bonds is 5. The molecule has 10 heteroatoms. The molecule has 0 unspecified atom stereocenters. The van der Waals surface area contributed by atoms with Gasteiger partial charge in [-0.15, -0.1) is 0 Å². The molecular weight excluding hydrogens is 476 g/mol. The van der Waals surface area contributed by atoms with Gasteiger partial charge in [0.1, 0.15) is 17.7 Å². The molecule has 0 aromatic heterocycles. The minimum Gasteiger partial charge on any atom is -0.390 e. The maximum absolute atomic E-state index is 13.5. The number of likely N-dealkylation sites (tertiary alicyclic amines) is 1. The largest absolute Gasteiger partial charge is 0.390 e. The molecule has 0 bridgehead atoms. The smallest absolute Gasteiger partial charge is 0.252 e. The number of benzene rings is 1. The standard InChI is InChI=1S/C25H37ClN2O7/c1-14(2)19(27-22(33)24(34)11-17(29)20(31)18(30)12-24)21(32)28-10-9-25(35,23(3,4)13-28)15-5-7-16(26)8-6-15/h5-8,14,17-20,29-31,34-35H,9-13H2,1-4H3,(H,27,33)/t17-,18-,19-,20?,24?,25+/m1/s1. The van der Waals surface area contributed by atoms with Gasteiger partial charge in [0.25, 0.3) is 5.91 Å². The normalized spacial score (nSPS) is 33.9. The van der Waals surface area contributed by atoms with Crippen molar-refractivity contribution in [3.63, 3.8) is 0 Å². The van der Waals surface area contributed by atoms with Crippen LogP contribution >= 0.6 is 11.6 Å². The molecule has 1 aliphatic carbocycles. The molecule has 0 spiro atoms. The summed E-state index contributed by atoms with van der Waals surface area (Å²) >= 11 is 6.00. The lowest BCUT2D eigenvalue weighted by Crippen LogP contribution is -2.64. The third-order valence-electron chi connectivity index (χ3n) is 7.61. The number of nitrogens with one attached hydrogen (secondary N) is 1. The molecule has 9 nitrogen and oxygen atoms in total. The molecule has 196 valence electrons. The van der Waals surface area contributed by atoms with E-state index in [9.17, 15) is 35.1 Å². The van der Waals surface area contributed by atoms with Gasteiger partial charge < -0.3 is 35.7 Å². The van der Waals surface area contributed by atoms with Crippen molar-refractivity contribution < 1.29 is 35.1 Å². The highest BCUT2D eigenvalue weighted by Crippen LogP contribution is 2.46. The summed E-state index contributed by atoms with van der Waals surface area (Å²) in [6, 6.07) is 6.03. The number of piperidine rings is 1. The van der Waals surface area contributed by atoms with Gasteiger partial charge in [0.05, 0.1) is 17.8 Å². The summed E-state index contributed by atoms with van der Waals surface area (Å²) in [4.78, 5) is 28.1. The second-order valence-corrected chi connectivity index (χ2v) is 11.5. The van der Waals surface area contributed by atoms with Crippen LogP contribution in [-0.4, -0.2) is 85.3 Å². The Labute approximate surface area is 210 Å². The van der Waals surface area contributed by atoms with E-state index in [2.05, 4.69) is 5.32 Å². The summed E-state index contributed by atoms with van der Waals surface area (Å²) in [6.07, 6.45) is -5.04. The van der Waals surface area contributed by atoms with Crippen molar-refractivity contribution in [1.29, 1.82) is 0 Å². The molecule has 6 N–H and O–H groups in total. The van der Waals surface area contributed by atoms with Gasteiger partial charge in [0.2, 0.25) is 5.91 Å². The molecule has 1 saturated carbocycles. The molecule has 1 aromatic carbocycles. The number of hydrogen-bond donors (Lipinski definition) is 6. The van der Waals surface area contributed by atoms with Crippen LogP contribution in [0.2, 0.25) is 5.02 Å². The third-order valence-corrected chi connectivity index (χ3v) is 7.86. The molecule has 1 aromatic rings. The number of aliphatic hydroxyl groups is 5. The molecule has 2 aliphatic rings. The SMILES string of the molecule is CC(C)[C@@H](NC(=O)C1(O)C[C@@H](O)C(O)[C@H](O)C1)C(=O)N1CC[C@](O)(c2ccc(Cl)cc2)C(C)(C)C1. The molecule has 2 fully saturated rings. The van der Waals surface area contributed by atoms with E-state index in [4.69, 9.17) is 11.6 Å². The minimum atomic E-state index is -2.12. The maximum atomic E-state index is 13.5. The summed E-state index contributed by atoms with van der Waals surface area (Å²) in [6.45, 7) is 7.78. The Morgan fingerprint density at radius 2 is 1.60 bits per heavy atom. The van der Waals surface area contributed by atoms with Crippen LogP contribution in [0.25, 0.3) is 0 Å². The van der Waals surface area contributed by atoms with Gasteiger partial charge in [0, 0.05) is 36.4 Å². The zero-order chi connectivity index (χ0) is 26.3. The molecule has 2 amide bonds. The van der Waals surface area contributed by atoms with E-state index in [1.54, 1.807) is 43.0 Å². The number of nitrogens with zero attached hydrogens (tertiary/aromatic N) is 1. The van der Waals surface area contributed by atoms with E-state index in [-0.39, 0.29) is 31.3 Å². The lowest BCUT2D eigenvalue weighted by atomic mass is 9.66. The van der Waals surface area contributed by atoms with Crippen LogP contribution in [0.4, 0.5) is 0 Å². The Morgan fingerprint density at radius 3 is 2.09 bits per heavy atom. The van der Waals surface area contributed by atoms with Crippen LogP contribution < -0.4 is 5.32 Å². The van der Waals surface area contributed by atoms with Gasteiger partial charge in [-0.25, -0.2) is 0 Å². The Hall–Kier alpha value is -1.75. The molecule has 4 atom stereocenters. The lowest BCUT2D eigenvalue weighted by Gasteiger charge is -2.51. The van der Waals surface area contributed by atoms with E-state index in [0.717, 1.165) is 0 Å².